The van der Waals surface area contributed by atoms with Crippen molar-refractivity contribution in [1.82, 2.24) is 5.32 Å². The summed E-state index contributed by atoms with van der Waals surface area (Å²) < 4.78 is 0. The molecule has 4 N–H and O–H groups in total. The zero-order valence-electron chi connectivity index (χ0n) is 8.93. The normalized spacial score (nSPS) is 36.2. The smallest absolute Gasteiger partial charge is 0.0834 e. The molecule has 13 heavy (non-hydrogen) atoms. The highest BCUT2D eigenvalue weighted by Crippen LogP contribution is 2.35. The van der Waals surface area contributed by atoms with E-state index in [2.05, 4.69) is 12.2 Å². The van der Waals surface area contributed by atoms with Crippen molar-refractivity contribution in [2.45, 2.75) is 45.3 Å². The second-order valence-corrected chi connectivity index (χ2v) is 4.94. The van der Waals surface area contributed by atoms with Crippen molar-refractivity contribution >= 4 is 0 Å². The van der Waals surface area contributed by atoms with Gasteiger partial charge in [-0.1, -0.05) is 13.8 Å². The van der Waals surface area contributed by atoms with E-state index in [4.69, 9.17) is 5.73 Å². The third-order valence-electron chi connectivity index (χ3n) is 3.50. The Morgan fingerprint density at radius 3 is 2.62 bits per heavy atom. The fourth-order valence-electron chi connectivity index (χ4n) is 1.76. The van der Waals surface area contributed by atoms with Crippen LogP contribution in [-0.4, -0.2) is 29.8 Å². The van der Waals surface area contributed by atoms with Crippen LogP contribution in [0.1, 0.15) is 33.6 Å². The predicted octanol–water partition coefficient (Wildman–Crippen LogP) is 0.474. The zero-order valence-corrected chi connectivity index (χ0v) is 8.93. The first-order chi connectivity index (χ1) is 5.91. The minimum absolute atomic E-state index is 0.194. The average Bonchev–Trinajstić information content (AvgIpc) is 2.10. The molecule has 0 amide bonds. The Morgan fingerprint density at radius 2 is 2.23 bits per heavy atom. The van der Waals surface area contributed by atoms with Crippen LogP contribution in [0, 0.1) is 5.41 Å². The highest BCUT2D eigenvalue weighted by molar-refractivity contribution is 4.99. The van der Waals surface area contributed by atoms with Gasteiger partial charge in [0.15, 0.2) is 0 Å². The van der Waals surface area contributed by atoms with Crippen LogP contribution in [0.5, 0.6) is 0 Å². The molecule has 0 bridgehead atoms. The highest BCUT2D eigenvalue weighted by atomic mass is 16.3. The van der Waals surface area contributed by atoms with Gasteiger partial charge >= 0.3 is 0 Å². The van der Waals surface area contributed by atoms with Crippen molar-refractivity contribution in [2.75, 3.05) is 13.1 Å². The lowest BCUT2D eigenvalue weighted by atomic mass is 9.70. The molecule has 0 saturated carbocycles. The molecule has 0 radical (unpaired) electrons. The van der Waals surface area contributed by atoms with Gasteiger partial charge in [0.25, 0.3) is 0 Å². The second kappa shape index (κ2) is 3.56. The summed E-state index contributed by atoms with van der Waals surface area (Å²) in [6, 6.07) is 0.522. The molecule has 1 saturated heterocycles. The third-order valence-corrected chi connectivity index (χ3v) is 3.50. The lowest BCUT2D eigenvalue weighted by Gasteiger charge is -2.46. The molecule has 3 heteroatoms. The van der Waals surface area contributed by atoms with Crippen LogP contribution in [0.4, 0.5) is 0 Å². The molecule has 3 nitrogen and oxygen atoms in total. The highest BCUT2D eigenvalue weighted by Gasteiger charge is 2.44. The minimum Gasteiger partial charge on any atom is -0.388 e. The number of piperidine rings is 1. The molecule has 1 rings (SSSR count). The summed E-state index contributed by atoms with van der Waals surface area (Å²) in [4.78, 5) is 0. The maximum atomic E-state index is 10.4. The second-order valence-electron chi connectivity index (χ2n) is 4.94. The van der Waals surface area contributed by atoms with E-state index in [1.165, 1.54) is 0 Å². The molecule has 0 aliphatic carbocycles. The van der Waals surface area contributed by atoms with Crippen molar-refractivity contribution in [2.24, 2.45) is 11.1 Å². The summed E-state index contributed by atoms with van der Waals surface area (Å²) in [6.45, 7) is 7.41. The molecular weight excluding hydrogens is 164 g/mol. The SMILES string of the molecule is CC1CCC(O)(C(C)(C)CN)CN1. The quantitative estimate of drug-likeness (QED) is 0.588. The molecule has 78 valence electrons. The van der Waals surface area contributed by atoms with Crippen molar-refractivity contribution < 1.29 is 5.11 Å². The van der Waals surface area contributed by atoms with Crippen molar-refractivity contribution in [3.63, 3.8) is 0 Å². The van der Waals surface area contributed by atoms with Crippen molar-refractivity contribution in [1.29, 1.82) is 0 Å². The minimum atomic E-state index is -0.631. The fourth-order valence-corrected chi connectivity index (χ4v) is 1.76. The largest absolute Gasteiger partial charge is 0.388 e. The standard InChI is InChI=1S/C10H22N2O/c1-8-4-5-10(13,7-12-8)9(2,3)6-11/h8,12-13H,4-7,11H2,1-3H3. The maximum absolute atomic E-state index is 10.4. The van der Waals surface area contributed by atoms with Gasteiger partial charge in [-0.05, 0) is 19.8 Å². The Kier molecular flexibility index (Phi) is 3.00. The van der Waals surface area contributed by atoms with E-state index in [0.717, 1.165) is 12.8 Å². The number of aliphatic hydroxyl groups is 1. The Morgan fingerprint density at radius 1 is 1.62 bits per heavy atom. The fraction of sp³-hybridized carbons (Fsp3) is 1.00. The van der Waals surface area contributed by atoms with Crippen LogP contribution in [0.15, 0.2) is 0 Å². The van der Waals surface area contributed by atoms with Crippen molar-refractivity contribution in [3.05, 3.63) is 0 Å². The van der Waals surface area contributed by atoms with E-state index in [0.29, 0.717) is 19.1 Å². The van der Waals surface area contributed by atoms with E-state index in [-0.39, 0.29) is 5.41 Å². The van der Waals surface area contributed by atoms with Gasteiger partial charge in [0.1, 0.15) is 0 Å². The summed E-state index contributed by atoms with van der Waals surface area (Å²) >= 11 is 0. The Bertz CT molecular complexity index is 172. The lowest BCUT2D eigenvalue weighted by molar-refractivity contribution is -0.0830. The number of nitrogens with one attached hydrogen (secondary N) is 1. The molecular formula is C10H22N2O. The monoisotopic (exact) mass is 186 g/mol. The van der Waals surface area contributed by atoms with E-state index < -0.39 is 5.60 Å². The molecule has 1 aliphatic rings. The van der Waals surface area contributed by atoms with Crippen molar-refractivity contribution in [3.8, 4) is 0 Å². The van der Waals surface area contributed by atoms with Gasteiger partial charge in [-0.15, -0.1) is 0 Å². The summed E-state index contributed by atoms with van der Waals surface area (Å²) in [7, 11) is 0. The van der Waals surface area contributed by atoms with Gasteiger partial charge in [0, 0.05) is 24.5 Å². The first-order valence-corrected chi connectivity index (χ1v) is 5.07. The molecule has 0 spiro atoms. The summed E-state index contributed by atoms with van der Waals surface area (Å²) in [5, 5.41) is 13.7. The van der Waals surface area contributed by atoms with E-state index in [9.17, 15) is 5.11 Å². The average molecular weight is 186 g/mol. The van der Waals surface area contributed by atoms with Gasteiger partial charge in [-0.25, -0.2) is 0 Å². The number of hydrogen-bond acceptors (Lipinski definition) is 3. The van der Waals surface area contributed by atoms with Crippen LogP contribution in [0.25, 0.3) is 0 Å². The van der Waals surface area contributed by atoms with Crippen LogP contribution >= 0.6 is 0 Å². The molecule has 0 aromatic rings. The Balaban J connectivity index is 2.66. The van der Waals surface area contributed by atoms with Gasteiger partial charge < -0.3 is 16.2 Å². The molecule has 1 fully saturated rings. The van der Waals surface area contributed by atoms with Crippen LogP contribution in [0.2, 0.25) is 0 Å². The number of hydrogen-bond donors (Lipinski definition) is 3. The van der Waals surface area contributed by atoms with Gasteiger partial charge in [-0.3, -0.25) is 0 Å². The lowest BCUT2D eigenvalue weighted by Crippen LogP contribution is -2.59. The van der Waals surface area contributed by atoms with Crippen LogP contribution in [0.3, 0.4) is 0 Å². The maximum Gasteiger partial charge on any atom is 0.0834 e. The predicted molar refractivity (Wildman–Crippen MR) is 54.5 cm³/mol. The van der Waals surface area contributed by atoms with E-state index >= 15 is 0 Å². The molecule has 1 aliphatic heterocycles. The summed E-state index contributed by atoms with van der Waals surface area (Å²) in [5.41, 5.74) is 4.84. The van der Waals surface area contributed by atoms with Gasteiger partial charge in [0.05, 0.1) is 5.60 Å². The summed E-state index contributed by atoms with van der Waals surface area (Å²) in [5.74, 6) is 0. The first kappa shape index (κ1) is 11.0. The number of nitrogens with two attached hydrogens (primary N) is 1. The first-order valence-electron chi connectivity index (χ1n) is 5.07. The molecule has 1 heterocycles. The zero-order chi connectivity index (χ0) is 10.1. The molecule has 0 aromatic heterocycles. The summed E-state index contributed by atoms with van der Waals surface area (Å²) in [6.07, 6.45) is 1.88. The Labute approximate surface area is 80.7 Å². The molecule has 0 aromatic carbocycles. The Hall–Kier alpha value is -0.120. The number of β-amino-alcohol motifs (C(OH)–C–C–N with tert-alkyl or cyclic N) is 1. The van der Waals surface area contributed by atoms with E-state index in [1.54, 1.807) is 0 Å². The number of rotatable bonds is 2. The van der Waals surface area contributed by atoms with Gasteiger partial charge in [0.2, 0.25) is 0 Å². The van der Waals surface area contributed by atoms with E-state index in [1.807, 2.05) is 13.8 Å². The third kappa shape index (κ3) is 2.03. The molecule has 2 atom stereocenters. The topological polar surface area (TPSA) is 58.3 Å². The van der Waals surface area contributed by atoms with Crippen LogP contribution < -0.4 is 11.1 Å². The van der Waals surface area contributed by atoms with Crippen LogP contribution in [-0.2, 0) is 0 Å². The molecule has 2 unspecified atom stereocenters. The van der Waals surface area contributed by atoms with Gasteiger partial charge in [-0.2, -0.15) is 0 Å².